The van der Waals surface area contributed by atoms with Gasteiger partial charge >= 0.3 is 0 Å². The van der Waals surface area contributed by atoms with Crippen LogP contribution in [0.5, 0.6) is 5.75 Å². The van der Waals surface area contributed by atoms with Crippen LogP contribution in [0.15, 0.2) is 54.6 Å². The first kappa shape index (κ1) is 19.0. The first-order chi connectivity index (χ1) is 14.0. The molecule has 0 atom stereocenters. The van der Waals surface area contributed by atoms with E-state index >= 15 is 0 Å². The molecule has 0 unspecified atom stereocenters. The lowest BCUT2D eigenvalue weighted by molar-refractivity contribution is 0.103. The molecule has 0 spiro atoms. The van der Waals surface area contributed by atoms with Crippen LogP contribution in [0.4, 0.5) is 11.4 Å². The molecule has 2 heterocycles. The first-order valence-electron chi connectivity index (χ1n) is 9.18. The lowest BCUT2D eigenvalue weighted by atomic mass is 10.1. The third kappa shape index (κ3) is 3.67. The fourth-order valence-electron chi connectivity index (χ4n) is 3.22. The maximum Gasteiger partial charge on any atom is 0.267 e. The highest BCUT2D eigenvalue weighted by molar-refractivity contribution is 7.21. The van der Waals surface area contributed by atoms with Gasteiger partial charge in [0, 0.05) is 16.6 Å². The topological polar surface area (TPSA) is 77.2 Å². The number of amides is 1. The van der Waals surface area contributed by atoms with Crippen molar-refractivity contribution >= 4 is 38.8 Å². The molecule has 29 heavy (non-hydrogen) atoms. The van der Waals surface area contributed by atoms with E-state index in [1.165, 1.54) is 11.3 Å². The second-order valence-electron chi connectivity index (χ2n) is 6.90. The van der Waals surface area contributed by atoms with Crippen LogP contribution in [-0.4, -0.2) is 18.0 Å². The highest BCUT2D eigenvalue weighted by Gasteiger charge is 2.18. The Hall–Kier alpha value is -3.38. The van der Waals surface area contributed by atoms with E-state index in [4.69, 9.17) is 15.5 Å². The Morgan fingerprint density at radius 1 is 1.07 bits per heavy atom. The molecule has 2 aromatic carbocycles. The van der Waals surface area contributed by atoms with Crippen LogP contribution >= 0.6 is 11.3 Å². The summed E-state index contributed by atoms with van der Waals surface area (Å²) in [7, 11) is 1.64. The van der Waals surface area contributed by atoms with Gasteiger partial charge in [-0.25, -0.2) is 4.98 Å². The van der Waals surface area contributed by atoms with Gasteiger partial charge in [0.2, 0.25) is 0 Å². The molecule has 6 heteroatoms. The highest BCUT2D eigenvalue weighted by atomic mass is 32.1. The molecule has 0 bridgehead atoms. The predicted octanol–water partition coefficient (Wildman–Crippen LogP) is 5.42. The summed E-state index contributed by atoms with van der Waals surface area (Å²) in [6.07, 6.45) is 0. The number of ether oxygens (including phenoxy) is 1. The summed E-state index contributed by atoms with van der Waals surface area (Å²) in [4.78, 5) is 18.8. The van der Waals surface area contributed by atoms with Crippen LogP contribution in [0.2, 0.25) is 0 Å². The third-order valence-electron chi connectivity index (χ3n) is 4.82. The van der Waals surface area contributed by atoms with Gasteiger partial charge in [0.1, 0.15) is 15.5 Å². The van der Waals surface area contributed by atoms with Crippen LogP contribution in [-0.2, 0) is 0 Å². The van der Waals surface area contributed by atoms with Gasteiger partial charge in [-0.3, -0.25) is 4.79 Å². The number of benzene rings is 2. The van der Waals surface area contributed by atoms with Gasteiger partial charge in [-0.05, 0) is 61.9 Å². The van der Waals surface area contributed by atoms with E-state index in [9.17, 15) is 4.79 Å². The molecule has 0 saturated carbocycles. The Labute approximate surface area is 173 Å². The number of rotatable bonds is 4. The Kier molecular flexibility index (Phi) is 4.94. The van der Waals surface area contributed by atoms with Crippen LogP contribution in [0.1, 0.15) is 20.8 Å². The molecule has 146 valence electrons. The fourth-order valence-corrected chi connectivity index (χ4v) is 4.21. The van der Waals surface area contributed by atoms with Gasteiger partial charge < -0.3 is 15.8 Å². The summed E-state index contributed by atoms with van der Waals surface area (Å²) in [5.74, 6) is 0.573. The monoisotopic (exact) mass is 403 g/mol. The summed E-state index contributed by atoms with van der Waals surface area (Å²) in [5.41, 5.74) is 11.5. The summed E-state index contributed by atoms with van der Waals surface area (Å²) < 4.78 is 5.21. The molecule has 3 N–H and O–H groups in total. The fraction of sp³-hybridized carbons (Fsp3) is 0.130. The molecule has 0 aliphatic rings. The minimum Gasteiger partial charge on any atom is -0.497 e. The molecular weight excluding hydrogens is 382 g/mol. The molecule has 1 amide bonds. The van der Waals surface area contributed by atoms with Gasteiger partial charge in [-0.2, -0.15) is 0 Å². The Balaban J connectivity index is 1.66. The zero-order chi connectivity index (χ0) is 20.5. The molecular formula is C23H21N3O2S. The van der Waals surface area contributed by atoms with Crippen LogP contribution < -0.4 is 15.8 Å². The number of nitrogens with zero attached hydrogens (tertiary/aromatic N) is 1. The predicted molar refractivity (Wildman–Crippen MR) is 120 cm³/mol. The van der Waals surface area contributed by atoms with Crippen molar-refractivity contribution < 1.29 is 9.53 Å². The van der Waals surface area contributed by atoms with Crippen LogP contribution in [0, 0.1) is 13.8 Å². The van der Waals surface area contributed by atoms with Gasteiger partial charge in [0.15, 0.2) is 0 Å². The summed E-state index contributed by atoms with van der Waals surface area (Å²) in [6.45, 7) is 3.99. The molecule has 4 aromatic rings. The zero-order valence-corrected chi connectivity index (χ0v) is 17.3. The highest BCUT2D eigenvalue weighted by Crippen LogP contribution is 2.35. The van der Waals surface area contributed by atoms with E-state index in [-0.39, 0.29) is 5.91 Å². The first-order valence-corrected chi connectivity index (χ1v) is 10.00. The van der Waals surface area contributed by atoms with Crippen molar-refractivity contribution in [2.24, 2.45) is 0 Å². The molecule has 0 saturated heterocycles. The number of hydrogen-bond acceptors (Lipinski definition) is 5. The number of thiophene rings is 1. The molecule has 2 aromatic heterocycles. The average molecular weight is 404 g/mol. The second kappa shape index (κ2) is 7.56. The Morgan fingerprint density at radius 3 is 2.52 bits per heavy atom. The second-order valence-corrected chi connectivity index (χ2v) is 7.89. The van der Waals surface area contributed by atoms with Crippen molar-refractivity contribution in [3.8, 4) is 17.0 Å². The number of anilines is 2. The number of fused-ring (bicyclic) bond motifs is 1. The number of hydrogen-bond donors (Lipinski definition) is 2. The van der Waals surface area contributed by atoms with Gasteiger partial charge in [0.05, 0.1) is 18.5 Å². The largest absolute Gasteiger partial charge is 0.497 e. The maximum atomic E-state index is 12.8. The van der Waals surface area contributed by atoms with Crippen molar-refractivity contribution in [3.05, 3.63) is 70.6 Å². The molecule has 0 aliphatic heterocycles. The number of nitrogen functional groups attached to an aromatic ring is 1. The van der Waals surface area contributed by atoms with Crippen molar-refractivity contribution in [2.75, 3.05) is 18.2 Å². The summed E-state index contributed by atoms with van der Waals surface area (Å²) in [5, 5.41) is 3.75. The number of pyridine rings is 1. The number of aryl methyl sites for hydroxylation is 2. The quantitative estimate of drug-likeness (QED) is 0.477. The van der Waals surface area contributed by atoms with Crippen LogP contribution in [0.3, 0.4) is 0 Å². The van der Waals surface area contributed by atoms with Crippen molar-refractivity contribution in [2.45, 2.75) is 13.8 Å². The third-order valence-corrected chi connectivity index (χ3v) is 5.93. The van der Waals surface area contributed by atoms with Crippen molar-refractivity contribution in [1.29, 1.82) is 0 Å². The number of nitrogens with one attached hydrogen (secondary N) is 1. The normalized spacial score (nSPS) is 10.9. The SMILES string of the molecule is COc1ccc(-c2ccc3c(N)c(C(=O)Nc4ccc(C)cc4C)sc3n2)cc1. The average Bonchev–Trinajstić information content (AvgIpc) is 3.06. The van der Waals surface area contributed by atoms with E-state index < -0.39 is 0 Å². The Bertz CT molecular complexity index is 1210. The van der Waals surface area contributed by atoms with Crippen LogP contribution in [0.25, 0.3) is 21.5 Å². The van der Waals surface area contributed by atoms with Gasteiger partial charge in [-0.1, -0.05) is 17.7 Å². The molecule has 4 rings (SSSR count). The number of nitrogens with two attached hydrogens (primary N) is 1. The number of carbonyl (C=O) groups excluding carboxylic acids is 1. The van der Waals surface area contributed by atoms with E-state index in [1.54, 1.807) is 7.11 Å². The zero-order valence-electron chi connectivity index (χ0n) is 16.4. The molecule has 0 aliphatic carbocycles. The van der Waals surface area contributed by atoms with E-state index in [0.717, 1.165) is 44.0 Å². The van der Waals surface area contributed by atoms with E-state index in [2.05, 4.69) is 5.32 Å². The van der Waals surface area contributed by atoms with E-state index in [0.29, 0.717) is 10.6 Å². The molecule has 5 nitrogen and oxygen atoms in total. The minimum atomic E-state index is -0.219. The van der Waals surface area contributed by atoms with E-state index in [1.807, 2.05) is 68.4 Å². The standard InChI is InChI=1S/C23H21N3O2S/c1-13-4-10-18(14(2)12-13)25-22(27)21-20(24)17-9-11-19(26-23(17)29-21)15-5-7-16(28-3)8-6-15/h4-12H,24H2,1-3H3,(H,25,27). The number of methoxy groups -OCH3 is 1. The van der Waals surface area contributed by atoms with Gasteiger partial charge in [0.25, 0.3) is 5.91 Å². The van der Waals surface area contributed by atoms with Crippen molar-refractivity contribution in [1.82, 2.24) is 4.98 Å². The lowest BCUT2D eigenvalue weighted by Crippen LogP contribution is -2.12. The summed E-state index contributed by atoms with van der Waals surface area (Å²) in [6, 6.07) is 17.5. The minimum absolute atomic E-state index is 0.219. The lowest BCUT2D eigenvalue weighted by Gasteiger charge is -2.08. The van der Waals surface area contributed by atoms with Crippen molar-refractivity contribution in [3.63, 3.8) is 0 Å². The smallest absolute Gasteiger partial charge is 0.267 e. The Morgan fingerprint density at radius 2 is 1.83 bits per heavy atom. The number of aromatic nitrogens is 1. The molecule has 0 radical (unpaired) electrons. The van der Waals surface area contributed by atoms with Gasteiger partial charge in [-0.15, -0.1) is 11.3 Å². The maximum absolute atomic E-state index is 12.8. The summed E-state index contributed by atoms with van der Waals surface area (Å²) >= 11 is 1.30. The number of carbonyl (C=O) groups is 1. The molecule has 0 fully saturated rings.